The van der Waals surface area contributed by atoms with Crippen LogP contribution in [0.1, 0.15) is 5.82 Å². The maximum atomic E-state index is 6.13. The highest BCUT2D eigenvalue weighted by Crippen LogP contribution is 2.28. The summed E-state index contributed by atoms with van der Waals surface area (Å²) in [6, 6.07) is 15.3. The fraction of sp³-hybridized carbons (Fsp3) is 0.200. The topological polar surface area (TPSA) is 104 Å². The van der Waals surface area contributed by atoms with E-state index < -0.39 is 0 Å². The van der Waals surface area contributed by atoms with Crippen LogP contribution in [0.25, 0.3) is 11.0 Å². The summed E-state index contributed by atoms with van der Waals surface area (Å²) in [5.41, 5.74) is 8.60. The van der Waals surface area contributed by atoms with E-state index in [1.807, 2.05) is 48.5 Å². The van der Waals surface area contributed by atoms with E-state index in [2.05, 4.69) is 24.8 Å². The second kappa shape index (κ2) is 9.29. The number of nitrogens with one attached hydrogen (secondary N) is 1. The van der Waals surface area contributed by atoms with Gasteiger partial charge in [-0.2, -0.15) is 15.0 Å². The van der Waals surface area contributed by atoms with Gasteiger partial charge in [-0.05, 0) is 30.3 Å². The van der Waals surface area contributed by atoms with Crippen LogP contribution >= 0.6 is 23.4 Å². The zero-order chi connectivity index (χ0) is 20.9. The second-order valence-corrected chi connectivity index (χ2v) is 7.76. The zero-order valence-corrected chi connectivity index (χ0v) is 17.8. The number of ether oxygens (including phenoxy) is 1. The summed E-state index contributed by atoms with van der Waals surface area (Å²) in [5, 5.41) is 4.63. The van der Waals surface area contributed by atoms with Crippen LogP contribution < -0.4 is 11.1 Å². The molecular formula is C20H20ClN7OS. The van der Waals surface area contributed by atoms with Crippen LogP contribution in [-0.4, -0.2) is 38.2 Å². The van der Waals surface area contributed by atoms with Crippen LogP contribution in [0, 0.1) is 0 Å². The molecule has 8 nitrogen and oxygen atoms in total. The zero-order valence-electron chi connectivity index (χ0n) is 16.2. The van der Waals surface area contributed by atoms with Gasteiger partial charge < -0.3 is 20.4 Å². The first kappa shape index (κ1) is 20.4. The standard InChI is InChI=1S/C20H20ClN7OS/c1-29-10-9-28-16-8-7-13(21)11-15(16)24-20(28)30-12-17-25-18(22)27-19(26-17)23-14-5-3-2-4-6-14/h2-8,11H,9-10,12H2,1H3,(H3,22,23,25,26,27). The predicted molar refractivity (Wildman–Crippen MR) is 120 cm³/mol. The highest BCUT2D eigenvalue weighted by Gasteiger charge is 2.13. The van der Waals surface area contributed by atoms with Gasteiger partial charge in [0.2, 0.25) is 11.9 Å². The summed E-state index contributed by atoms with van der Waals surface area (Å²) in [4.78, 5) is 17.6. The quantitative estimate of drug-likeness (QED) is 0.393. The number of methoxy groups -OCH3 is 1. The van der Waals surface area contributed by atoms with Crippen LogP contribution in [-0.2, 0) is 17.0 Å². The van der Waals surface area contributed by atoms with E-state index in [-0.39, 0.29) is 5.95 Å². The molecule has 0 aliphatic carbocycles. The minimum absolute atomic E-state index is 0.165. The molecule has 4 aromatic rings. The van der Waals surface area contributed by atoms with E-state index in [0.717, 1.165) is 21.9 Å². The first-order valence-electron chi connectivity index (χ1n) is 9.22. The molecule has 30 heavy (non-hydrogen) atoms. The molecule has 0 unspecified atom stereocenters. The summed E-state index contributed by atoms with van der Waals surface area (Å²) in [6.07, 6.45) is 0. The van der Waals surface area contributed by atoms with Crippen molar-refractivity contribution in [1.29, 1.82) is 0 Å². The van der Waals surface area contributed by atoms with Gasteiger partial charge in [-0.25, -0.2) is 4.98 Å². The Morgan fingerprint density at radius 1 is 1.10 bits per heavy atom. The first-order valence-corrected chi connectivity index (χ1v) is 10.6. The largest absolute Gasteiger partial charge is 0.383 e. The Kier molecular flexibility index (Phi) is 6.32. The van der Waals surface area contributed by atoms with Crippen molar-refractivity contribution in [3.8, 4) is 0 Å². The van der Waals surface area contributed by atoms with Crippen molar-refractivity contribution >= 4 is 52.0 Å². The summed E-state index contributed by atoms with van der Waals surface area (Å²) in [5.74, 6) is 1.62. The molecule has 0 fully saturated rings. The second-order valence-electron chi connectivity index (χ2n) is 6.38. The summed E-state index contributed by atoms with van der Waals surface area (Å²) < 4.78 is 7.36. The van der Waals surface area contributed by atoms with Crippen molar-refractivity contribution in [3.63, 3.8) is 0 Å². The average Bonchev–Trinajstić information content (AvgIpc) is 3.07. The number of fused-ring (bicyclic) bond motifs is 1. The maximum absolute atomic E-state index is 6.13. The lowest BCUT2D eigenvalue weighted by Gasteiger charge is -2.09. The molecule has 0 spiro atoms. The van der Waals surface area contributed by atoms with Crippen LogP contribution in [0.3, 0.4) is 0 Å². The number of para-hydroxylation sites is 1. The Morgan fingerprint density at radius 3 is 2.73 bits per heavy atom. The normalized spacial score (nSPS) is 11.1. The average molecular weight is 442 g/mol. The number of halogens is 1. The number of imidazole rings is 1. The third-order valence-corrected chi connectivity index (χ3v) is 5.46. The van der Waals surface area contributed by atoms with E-state index in [9.17, 15) is 0 Å². The van der Waals surface area contributed by atoms with Gasteiger partial charge in [0.05, 0.1) is 23.4 Å². The van der Waals surface area contributed by atoms with Crippen molar-refractivity contribution < 1.29 is 4.74 Å². The van der Waals surface area contributed by atoms with Crippen LogP contribution in [0.15, 0.2) is 53.7 Å². The number of hydrogen-bond acceptors (Lipinski definition) is 8. The van der Waals surface area contributed by atoms with Gasteiger partial charge >= 0.3 is 0 Å². The van der Waals surface area contributed by atoms with Gasteiger partial charge in [0.25, 0.3) is 0 Å². The number of nitrogens with two attached hydrogens (primary N) is 1. The fourth-order valence-corrected chi connectivity index (χ4v) is 3.99. The lowest BCUT2D eigenvalue weighted by atomic mass is 10.3. The molecular weight excluding hydrogens is 422 g/mol. The number of benzene rings is 2. The van der Waals surface area contributed by atoms with Crippen molar-refractivity contribution in [2.75, 3.05) is 24.8 Å². The third-order valence-electron chi connectivity index (χ3n) is 4.25. The number of thioether (sulfide) groups is 1. The molecule has 0 aliphatic heterocycles. The van der Waals surface area contributed by atoms with Crippen molar-refractivity contribution in [3.05, 3.63) is 59.4 Å². The minimum atomic E-state index is 0.165. The Balaban J connectivity index is 1.56. The highest BCUT2D eigenvalue weighted by molar-refractivity contribution is 7.98. The van der Waals surface area contributed by atoms with E-state index in [0.29, 0.717) is 35.7 Å². The number of anilines is 3. The molecule has 154 valence electrons. The molecule has 0 aliphatic rings. The van der Waals surface area contributed by atoms with Gasteiger partial charge in [0.15, 0.2) is 5.16 Å². The highest BCUT2D eigenvalue weighted by atomic mass is 35.5. The van der Waals surface area contributed by atoms with Crippen molar-refractivity contribution in [2.45, 2.75) is 17.5 Å². The molecule has 2 aromatic carbocycles. The van der Waals surface area contributed by atoms with Gasteiger partial charge in [0.1, 0.15) is 5.82 Å². The van der Waals surface area contributed by atoms with Crippen molar-refractivity contribution in [2.24, 2.45) is 0 Å². The van der Waals surface area contributed by atoms with Gasteiger partial charge in [-0.1, -0.05) is 41.6 Å². The van der Waals surface area contributed by atoms with Gasteiger partial charge in [-0.3, -0.25) is 0 Å². The van der Waals surface area contributed by atoms with E-state index in [1.165, 1.54) is 11.8 Å². The number of nitrogens with zero attached hydrogens (tertiary/aromatic N) is 5. The number of rotatable bonds is 8. The molecule has 0 atom stereocenters. The molecule has 3 N–H and O–H groups in total. The van der Waals surface area contributed by atoms with Gasteiger partial charge in [0, 0.05) is 24.4 Å². The first-order chi connectivity index (χ1) is 14.6. The summed E-state index contributed by atoms with van der Waals surface area (Å²) in [7, 11) is 1.68. The maximum Gasteiger partial charge on any atom is 0.232 e. The third kappa shape index (κ3) is 4.81. The molecule has 0 saturated carbocycles. The predicted octanol–water partition coefficient (Wildman–Crippen LogP) is 4.14. The SMILES string of the molecule is COCCn1c(SCc2nc(N)nc(Nc3ccccc3)n2)nc2cc(Cl)ccc21. The Morgan fingerprint density at radius 2 is 1.93 bits per heavy atom. The molecule has 10 heteroatoms. The van der Waals surface area contributed by atoms with E-state index >= 15 is 0 Å². The lowest BCUT2D eigenvalue weighted by molar-refractivity contribution is 0.186. The Labute approximate surface area is 182 Å². The smallest absolute Gasteiger partial charge is 0.232 e. The fourth-order valence-electron chi connectivity index (χ4n) is 2.93. The number of aromatic nitrogens is 5. The summed E-state index contributed by atoms with van der Waals surface area (Å²) in [6.45, 7) is 1.25. The molecule has 2 aromatic heterocycles. The van der Waals surface area contributed by atoms with Gasteiger partial charge in [-0.15, -0.1) is 0 Å². The molecule has 0 radical (unpaired) electrons. The van der Waals surface area contributed by atoms with Crippen LogP contribution in [0.5, 0.6) is 0 Å². The molecule has 0 amide bonds. The molecule has 4 rings (SSSR count). The monoisotopic (exact) mass is 441 g/mol. The van der Waals surface area contributed by atoms with E-state index in [4.69, 9.17) is 27.1 Å². The molecule has 2 heterocycles. The van der Waals surface area contributed by atoms with Crippen molar-refractivity contribution in [1.82, 2.24) is 24.5 Å². The summed E-state index contributed by atoms with van der Waals surface area (Å²) >= 11 is 7.65. The van der Waals surface area contributed by atoms with Crippen LogP contribution in [0.4, 0.5) is 17.6 Å². The minimum Gasteiger partial charge on any atom is -0.383 e. The lowest BCUT2D eigenvalue weighted by Crippen LogP contribution is -2.08. The number of hydrogen-bond donors (Lipinski definition) is 2. The number of nitrogen functional groups attached to an aromatic ring is 1. The molecule has 0 saturated heterocycles. The Hall–Kier alpha value is -2.88. The van der Waals surface area contributed by atoms with Crippen LogP contribution in [0.2, 0.25) is 5.02 Å². The molecule has 0 bridgehead atoms. The Bertz CT molecular complexity index is 1150. The van der Waals surface area contributed by atoms with E-state index in [1.54, 1.807) is 7.11 Å².